The van der Waals surface area contributed by atoms with Gasteiger partial charge in [0.15, 0.2) is 0 Å². The molecule has 2 nitrogen and oxygen atoms in total. The van der Waals surface area contributed by atoms with Crippen molar-refractivity contribution < 1.29 is 9.13 Å². The molecule has 2 N–H and O–H groups in total. The van der Waals surface area contributed by atoms with Gasteiger partial charge in [-0.15, -0.1) is 0 Å². The van der Waals surface area contributed by atoms with Crippen LogP contribution in [0.4, 0.5) is 4.39 Å². The van der Waals surface area contributed by atoms with Crippen molar-refractivity contribution >= 4 is 0 Å². The van der Waals surface area contributed by atoms with Gasteiger partial charge in [-0.25, -0.2) is 4.39 Å². The average Bonchev–Trinajstić information content (AvgIpc) is 2.47. The van der Waals surface area contributed by atoms with E-state index in [-0.39, 0.29) is 17.3 Å². The van der Waals surface area contributed by atoms with E-state index in [1.165, 1.54) is 12.1 Å². The van der Waals surface area contributed by atoms with Crippen LogP contribution in [0.15, 0.2) is 48.5 Å². The van der Waals surface area contributed by atoms with E-state index in [2.05, 4.69) is 13.8 Å². The van der Waals surface area contributed by atoms with Crippen molar-refractivity contribution in [1.82, 2.24) is 0 Å². The highest BCUT2D eigenvalue weighted by atomic mass is 19.1. The fraction of sp³-hybridized carbons (Fsp3) is 0.333. The molecular weight excluding hydrogens is 265 g/mol. The Labute approximate surface area is 125 Å². The van der Waals surface area contributed by atoms with Crippen LogP contribution in [0.1, 0.15) is 37.9 Å². The van der Waals surface area contributed by atoms with Crippen LogP contribution in [0.5, 0.6) is 5.75 Å². The minimum Gasteiger partial charge on any atom is -0.494 e. The maximum atomic E-state index is 13.1. The molecule has 0 aliphatic heterocycles. The number of nitrogens with two attached hydrogens (primary N) is 1. The summed E-state index contributed by atoms with van der Waals surface area (Å²) < 4.78 is 18.6. The predicted octanol–water partition coefficient (Wildman–Crippen LogP) is 4.20. The van der Waals surface area contributed by atoms with E-state index >= 15 is 0 Å². The van der Waals surface area contributed by atoms with Crippen molar-refractivity contribution in [1.29, 1.82) is 0 Å². The van der Waals surface area contributed by atoms with Crippen LogP contribution < -0.4 is 10.5 Å². The van der Waals surface area contributed by atoms with Gasteiger partial charge in [-0.3, -0.25) is 0 Å². The lowest BCUT2D eigenvalue weighted by atomic mass is 9.75. The van der Waals surface area contributed by atoms with Gasteiger partial charge in [0.1, 0.15) is 11.6 Å². The highest BCUT2D eigenvalue weighted by Gasteiger charge is 2.29. The maximum Gasteiger partial charge on any atom is 0.123 e. The molecule has 0 aliphatic carbocycles. The van der Waals surface area contributed by atoms with Crippen LogP contribution in [0.3, 0.4) is 0 Å². The monoisotopic (exact) mass is 287 g/mol. The average molecular weight is 287 g/mol. The van der Waals surface area contributed by atoms with Gasteiger partial charge in [0.05, 0.1) is 6.61 Å². The summed E-state index contributed by atoms with van der Waals surface area (Å²) in [5.74, 6) is 0.585. The van der Waals surface area contributed by atoms with Crippen molar-refractivity contribution in [2.24, 2.45) is 5.73 Å². The van der Waals surface area contributed by atoms with E-state index in [0.29, 0.717) is 6.61 Å². The number of rotatable bonds is 5. The Kier molecular flexibility index (Phi) is 4.63. The quantitative estimate of drug-likeness (QED) is 0.894. The van der Waals surface area contributed by atoms with E-state index < -0.39 is 0 Å². The van der Waals surface area contributed by atoms with E-state index in [0.717, 1.165) is 16.9 Å². The van der Waals surface area contributed by atoms with Crippen molar-refractivity contribution in [2.45, 2.75) is 32.2 Å². The second-order valence-electron chi connectivity index (χ2n) is 5.71. The highest BCUT2D eigenvalue weighted by Crippen LogP contribution is 2.36. The standard InChI is InChI=1S/C18H22FNO/c1-4-21-16-7-5-6-13(12-16)17(20)18(2,3)14-8-10-15(19)11-9-14/h5-12,17H,4,20H2,1-3H3. The van der Waals surface area contributed by atoms with E-state index in [4.69, 9.17) is 10.5 Å². The lowest BCUT2D eigenvalue weighted by Crippen LogP contribution is -2.33. The van der Waals surface area contributed by atoms with Gasteiger partial charge in [-0.1, -0.05) is 38.1 Å². The van der Waals surface area contributed by atoms with Gasteiger partial charge in [0.25, 0.3) is 0 Å². The number of ether oxygens (including phenoxy) is 1. The van der Waals surface area contributed by atoms with Crippen molar-refractivity contribution in [3.05, 3.63) is 65.5 Å². The normalized spacial score (nSPS) is 13.0. The van der Waals surface area contributed by atoms with Crippen LogP contribution in [0.25, 0.3) is 0 Å². The number of hydrogen-bond acceptors (Lipinski definition) is 2. The van der Waals surface area contributed by atoms with E-state index in [9.17, 15) is 4.39 Å². The van der Waals surface area contributed by atoms with Gasteiger partial charge in [0.2, 0.25) is 0 Å². The molecule has 0 amide bonds. The molecule has 2 aromatic rings. The van der Waals surface area contributed by atoms with Gasteiger partial charge in [-0.05, 0) is 42.3 Å². The molecule has 0 saturated carbocycles. The lowest BCUT2D eigenvalue weighted by molar-refractivity contribution is 0.338. The van der Waals surface area contributed by atoms with E-state index in [1.54, 1.807) is 12.1 Å². The molecule has 0 saturated heterocycles. The number of halogens is 1. The number of hydrogen-bond donors (Lipinski definition) is 1. The third-order valence-corrected chi connectivity index (χ3v) is 3.89. The zero-order valence-electron chi connectivity index (χ0n) is 12.8. The zero-order valence-corrected chi connectivity index (χ0v) is 12.8. The third-order valence-electron chi connectivity index (χ3n) is 3.89. The third kappa shape index (κ3) is 3.42. The SMILES string of the molecule is CCOc1cccc(C(N)C(C)(C)c2ccc(F)cc2)c1. The molecule has 2 aromatic carbocycles. The summed E-state index contributed by atoms with van der Waals surface area (Å²) in [6.07, 6.45) is 0. The summed E-state index contributed by atoms with van der Waals surface area (Å²) in [6, 6.07) is 14.2. The molecule has 0 fully saturated rings. The largest absolute Gasteiger partial charge is 0.494 e. The van der Waals surface area contributed by atoms with Crippen molar-refractivity contribution in [3.8, 4) is 5.75 Å². The lowest BCUT2D eigenvalue weighted by Gasteiger charge is -2.32. The van der Waals surface area contributed by atoms with Crippen LogP contribution in [0, 0.1) is 5.82 Å². The minimum absolute atomic E-state index is 0.205. The Morgan fingerprint density at radius 2 is 1.81 bits per heavy atom. The summed E-state index contributed by atoms with van der Waals surface area (Å²) in [6.45, 7) is 6.71. The molecule has 1 atom stereocenters. The Balaban J connectivity index is 2.30. The summed E-state index contributed by atoms with van der Waals surface area (Å²) in [4.78, 5) is 0. The van der Waals surface area contributed by atoms with Crippen molar-refractivity contribution in [2.75, 3.05) is 6.61 Å². The second-order valence-corrected chi connectivity index (χ2v) is 5.71. The molecule has 0 aromatic heterocycles. The predicted molar refractivity (Wildman–Crippen MR) is 84.0 cm³/mol. The molecule has 0 aliphatic rings. The van der Waals surface area contributed by atoms with Crippen LogP contribution in [-0.4, -0.2) is 6.61 Å². The summed E-state index contributed by atoms with van der Waals surface area (Å²) in [5, 5.41) is 0. The number of benzene rings is 2. The molecule has 1 unspecified atom stereocenters. The molecule has 112 valence electrons. The van der Waals surface area contributed by atoms with Crippen LogP contribution in [-0.2, 0) is 5.41 Å². The summed E-state index contributed by atoms with van der Waals surface area (Å²) in [7, 11) is 0. The van der Waals surface area contributed by atoms with Gasteiger partial charge >= 0.3 is 0 Å². The molecule has 2 rings (SSSR count). The molecule has 3 heteroatoms. The van der Waals surface area contributed by atoms with E-state index in [1.807, 2.05) is 31.2 Å². The van der Waals surface area contributed by atoms with Gasteiger partial charge in [-0.2, -0.15) is 0 Å². The Hall–Kier alpha value is -1.87. The molecule has 0 spiro atoms. The van der Waals surface area contributed by atoms with Crippen LogP contribution >= 0.6 is 0 Å². The van der Waals surface area contributed by atoms with Crippen LogP contribution in [0.2, 0.25) is 0 Å². The molecular formula is C18H22FNO. The first-order chi connectivity index (χ1) is 9.95. The molecule has 0 radical (unpaired) electrons. The first-order valence-electron chi connectivity index (χ1n) is 7.19. The first kappa shape index (κ1) is 15.5. The topological polar surface area (TPSA) is 35.2 Å². The fourth-order valence-electron chi connectivity index (χ4n) is 2.44. The minimum atomic E-state index is -0.307. The molecule has 0 bridgehead atoms. The molecule has 21 heavy (non-hydrogen) atoms. The smallest absolute Gasteiger partial charge is 0.123 e. The highest BCUT2D eigenvalue weighted by molar-refractivity contribution is 5.35. The summed E-state index contributed by atoms with van der Waals surface area (Å²) >= 11 is 0. The molecule has 0 heterocycles. The zero-order chi connectivity index (χ0) is 15.5. The Bertz CT molecular complexity index is 592. The summed E-state index contributed by atoms with van der Waals surface area (Å²) in [5.41, 5.74) is 8.17. The van der Waals surface area contributed by atoms with Gasteiger partial charge < -0.3 is 10.5 Å². The Morgan fingerprint density at radius 1 is 1.14 bits per heavy atom. The Morgan fingerprint density at radius 3 is 2.43 bits per heavy atom. The second kappa shape index (κ2) is 6.27. The fourth-order valence-corrected chi connectivity index (χ4v) is 2.44. The first-order valence-corrected chi connectivity index (χ1v) is 7.19. The van der Waals surface area contributed by atoms with Gasteiger partial charge in [0, 0.05) is 11.5 Å². The van der Waals surface area contributed by atoms with Crippen molar-refractivity contribution in [3.63, 3.8) is 0 Å². The maximum absolute atomic E-state index is 13.1.